The highest BCUT2D eigenvalue weighted by molar-refractivity contribution is 6.30. The molecule has 1 heterocycles. The van der Waals surface area contributed by atoms with Crippen LogP contribution in [0.3, 0.4) is 0 Å². The minimum Gasteiger partial charge on any atom is -0.348 e. The molecule has 5 rings (SSSR count). The van der Waals surface area contributed by atoms with Gasteiger partial charge in [0.05, 0.1) is 6.04 Å². The van der Waals surface area contributed by atoms with Crippen LogP contribution in [0.25, 0.3) is 0 Å². The number of anilines is 2. The molecule has 0 unspecified atom stereocenters. The average Bonchev–Trinajstić information content (AvgIpc) is 3.25. The number of carbonyl (C=O) groups is 1. The van der Waals surface area contributed by atoms with Gasteiger partial charge in [-0.1, -0.05) is 90.0 Å². The first-order valence-electron chi connectivity index (χ1n) is 11.5. The summed E-state index contributed by atoms with van der Waals surface area (Å²) in [5.74, 6) is 0. The minimum atomic E-state index is -0.540. The molecule has 1 saturated heterocycles. The summed E-state index contributed by atoms with van der Waals surface area (Å²) in [6, 6.07) is 35.3. The summed E-state index contributed by atoms with van der Waals surface area (Å²) in [7, 11) is 0. The van der Waals surface area contributed by atoms with Crippen molar-refractivity contribution in [2.45, 2.75) is 19.1 Å². The molecule has 4 aromatic carbocycles. The van der Waals surface area contributed by atoms with E-state index in [-0.39, 0.29) is 12.2 Å². The number of rotatable bonds is 5. The third-order valence-electron chi connectivity index (χ3n) is 6.14. The zero-order chi connectivity index (χ0) is 24.2. The molecule has 0 aliphatic carbocycles. The molecule has 1 aliphatic heterocycles. The SMILES string of the molecule is Cc1ccc(N2C[C@@H](c3ccccc3)N(OC(=O)Nc3ccccc3)[C@H]2c2ccc(Cl)cc2)cc1. The molecule has 1 N–H and O–H groups in total. The Morgan fingerprint density at radius 1 is 0.829 bits per heavy atom. The highest BCUT2D eigenvalue weighted by Gasteiger charge is 2.44. The summed E-state index contributed by atoms with van der Waals surface area (Å²) in [6.45, 7) is 2.71. The van der Waals surface area contributed by atoms with Crippen molar-refractivity contribution in [1.29, 1.82) is 0 Å². The molecular weight excluding hydrogens is 458 g/mol. The quantitative estimate of drug-likeness (QED) is 0.321. The third-order valence-corrected chi connectivity index (χ3v) is 6.39. The fourth-order valence-electron chi connectivity index (χ4n) is 4.42. The van der Waals surface area contributed by atoms with Crippen LogP contribution in [-0.2, 0) is 4.84 Å². The number of nitrogens with zero attached hydrogens (tertiary/aromatic N) is 2. The predicted octanol–water partition coefficient (Wildman–Crippen LogP) is 7.37. The second-order valence-electron chi connectivity index (χ2n) is 8.57. The van der Waals surface area contributed by atoms with E-state index >= 15 is 0 Å². The molecule has 0 radical (unpaired) electrons. The monoisotopic (exact) mass is 483 g/mol. The Labute approximate surface area is 210 Å². The lowest BCUT2D eigenvalue weighted by Crippen LogP contribution is -2.35. The van der Waals surface area contributed by atoms with Crippen LogP contribution < -0.4 is 10.2 Å². The summed E-state index contributed by atoms with van der Waals surface area (Å²) in [6.07, 6.45) is -0.886. The van der Waals surface area contributed by atoms with Gasteiger partial charge in [-0.3, -0.25) is 5.32 Å². The summed E-state index contributed by atoms with van der Waals surface area (Å²) in [4.78, 5) is 21.4. The average molecular weight is 484 g/mol. The first-order chi connectivity index (χ1) is 17.1. The van der Waals surface area contributed by atoms with E-state index in [1.165, 1.54) is 5.56 Å². The summed E-state index contributed by atoms with van der Waals surface area (Å²) in [5.41, 5.74) is 4.94. The van der Waals surface area contributed by atoms with Crippen LogP contribution in [0.5, 0.6) is 0 Å². The Kier molecular flexibility index (Phi) is 6.70. The van der Waals surface area contributed by atoms with E-state index in [0.29, 0.717) is 17.3 Å². The molecule has 0 aromatic heterocycles. The van der Waals surface area contributed by atoms with Crippen LogP contribution in [0.2, 0.25) is 5.02 Å². The number of aryl methyl sites for hydroxylation is 1. The molecule has 0 saturated carbocycles. The van der Waals surface area contributed by atoms with E-state index in [1.807, 2.05) is 72.8 Å². The molecule has 2 atom stereocenters. The maximum atomic E-state index is 13.0. The number of halogens is 1. The molecule has 1 aliphatic rings. The van der Waals surface area contributed by atoms with Crippen LogP contribution in [0.4, 0.5) is 16.2 Å². The van der Waals surface area contributed by atoms with E-state index in [9.17, 15) is 4.79 Å². The van der Waals surface area contributed by atoms with Crippen molar-refractivity contribution in [2.75, 3.05) is 16.8 Å². The molecule has 35 heavy (non-hydrogen) atoms. The van der Waals surface area contributed by atoms with Crippen molar-refractivity contribution >= 4 is 29.1 Å². The Bertz CT molecular complexity index is 1270. The highest BCUT2D eigenvalue weighted by atomic mass is 35.5. The van der Waals surface area contributed by atoms with Crippen molar-refractivity contribution in [3.05, 3.63) is 131 Å². The van der Waals surface area contributed by atoms with Crippen LogP contribution in [0, 0.1) is 6.92 Å². The van der Waals surface area contributed by atoms with Crippen molar-refractivity contribution in [3.8, 4) is 0 Å². The van der Waals surface area contributed by atoms with Gasteiger partial charge < -0.3 is 9.74 Å². The normalized spacial score (nSPS) is 17.8. The number of hydroxylamine groups is 2. The highest BCUT2D eigenvalue weighted by Crippen LogP contribution is 2.44. The van der Waals surface area contributed by atoms with Gasteiger partial charge in [0, 0.05) is 22.9 Å². The Morgan fingerprint density at radius 3 is 2.11 bits per heavy atom. The van der Waals surface area contributed by atoms with Crippen molar-refractivity contribution in [3.63, 3.8) is 0 Å². The van der Waals surface area contributed by atoms with Gasteiger partial charge in [0.25, 0.3) is 0 Å². The summed E-state index contributed by atoms with van der Waals surface area (Å²) in [5, 5.41) is 5.29. The fourth-order valence-corrected chi connectivity index (χ4v) is 4.54. The summed E-state index contributed by atoms with van der Waals surface area (Å²) >= 11 is 6.20. The smallest absolute Gasteiger partial charge is 0.348 e. The largest absolute Gasteiger partial charge is 0.430 e. The number of nitrogens with one attached hydrogen (secondary N) is 1. The van der Waals surface area contributed by atoms with E-state index in [1.54, 1.807) is 5.06 Å². The van der Waals surface area contributed by atoms with Gasteiger partial charge in [0.1, 0.15) is 6.17 Å². The van der Waals surface area contributed by atoms with Crippen LogP contribution in [0.15, 0.2) is 109 Å². The van der Waals surface area contributed by atoms with Crippen molar-refractivity contribution in [2.24, 2.45) is 0 Å². The molecule has 6 heteroatoms. The fraction of sp³-hybridized carbons (Fsp3) is 0.138. The van der Waals surface area contributed by atoms with Gasteiger partial charge >= 0.3 is 6.09 Å². The van der Waals surface area contributed by atoms with E-state index in [4.69, 9.17) is 16.4 Å². The van der Waals surface area contributed by atoms with Gasteiger partial charge in [-0.25, -0.2) is 4.79 Å². The molecular formula is C29H26ClN3O2. The van der Waals surface area contributed by atoms with Crippen molar-refractivity contribution < 1.29 is 9.63 Å². The summed E-state index contributed by atoms with van der Waals surface area (Å²) < 4.78 is 0. The topological polar surface area (TPSA) is 44.8 Å². The number of amides is 1. The minimum absolute atomic E-state index is 0.181. The zero-order valence-corrected chi connectivity index (χ0v) is 20.1. The van der Waals surface area contributed by atoms with Gasteiger partial charge in [-0.2, -0.15) is 0 Å². The van der Waals surface area contributed by atoms with Crippen LogP contribution >= 0.6 is 11.6 Å². The first-order valence-corrected chi connectivity index (χ1v) is 11.9. The number of benzene rings is 4. The van der Waals surface area contributed by atoms with E-state index in [2.05, 4.69) is 53.5 Å². The number of para-hydroxylation sites is 1. The molecule has 1 amide bonds. The molecule has 5 nitrogen and oxygen atoms in total. The van der Waals surface area contributed by atoms with Crippen LogP contribution in [-0.4, -0.2) is 17.7 Å². The third kappa shape index (κ3) is 5.16. The maximum Gasteiger partial charge on any atom is 0.430 e. The van der Waals surface area contributed by atoms with Crippen LogP contribution in [0.1, 0.15) is 28.9 Å². The first kappa shape index (κ1) is 23.0. The number of hydrogen-bond acceptors (Lipinski definition) is 4. The lowest BCUT2D eigenvalue weighted by molar-refractivity contribution is -0.134. The van der Waals surface area contributed by atoms with Gasteiger partial charge in [0.15, 0.2) is 0 Å². The Hall–Kier alpha value is -3.80. The van der Waals surface area contributed by atoms with Gasteiger partial charge in [-0.05, 0) is 54.4 Å². The molecule has 0 spiro atoms. The van der Waals surface area contributed by atoms with Crippen molar-refractivity contribution in [1.82, 2.24) is 5.06 Å². The van der Waals surface area contributed by atoms with Gasteiger partial charge in [0.2, 0.25) is 0 Å². The predicted molar refractivity (Wildman–Crippen MR) is 140 cm³/mol. The molecule has 176 valence electrons. The lowest BCUT2D eigenvalue weighted by atomic mass is 10.1. The second-order valence-corrected chi connectivity index (χ2v) is 9.01. The lowest BCUT2D eigenvalue weighted by Gasteiger charge is -2.31. The number of carbonyl (C=O) groups excluding carboxylic acids is 1. The molecule has 1 fully saturated rings. The second kappa shape index (κ2) is 10.2. The Balaban J connectivity index is 1.55. The molecule has 0 bridgehead atoms. The zero-order valence-electron chi connectivity index (χ0n) is 19.3. The maximum absolute atomic E-state index is 13.0. The standard InChI is InChI=1S/C29H26ClN3O2/c1-21-12-18-26(19-13-21)32-20-27(22-8-4-2-5-9-22)33(28(32)23-14-16-24(30)17-15-23)35-29(34)31-25-10-6-3-7-11-25/h2-19,27-28H,20H2,1H3,(H,31,34)/t27-,28-/m0/s1. The Morgan fingerprint density at radius 2 is 1.46 bits per heavy atom. The van der Waals surface area contributed by atoms with E-state index < -0.39 is 6.09 Å². The van der Waals surface area contributed by atoms with Gasteiger partial charge in [-0.15, -0.1) is 5.06 Å². The molecule has 4 aromatic rings. The van der Waals surface area contributed by atoms with E-state index in [0.717, 1.165) is 16.8 Å². The number of hydrogen-bond donors (Lipinski definition) is 1.